The van der Waals surface area contributed by atoms with E-state index in [9.17, 15) is 0 Å². The van der Waals surface area contributed by atoms with E-state index in [1.807, 2.05) is 0 Å². The molecule has 2 aromatic rings. The predicted octanol–water partition coefficient (Wildman–Crippen LogP) is 1.04. The van der Waals surface area contributed by atoms with Crippen molar-refractivity contribution >= 4 is 33.9 Å². The van der Waals surface area contributed by atoms with E-state index in [0.717, 1.165) is 5.39 Å². The molecule has 0 spiro atoms. The first-order valence-corrected chi connectivity index (χ1v) is 4.04. The fourth-order valence-corrected chi connectivity index (χ4v) is 1.28. The fraction of sp³-hybridized carbons (Fsp3) is 0. The smallest absolute Gasteiger partial charge is 0.169 e. The van der Waals surface area contributed by atoms with Crippen LogP contribution in [-0.2, 0) is 0 Å². The first-order valence-electron chi connectivity index (χ1n) is 3.63. The average Bonchev–Trinajstić information content (AvgIpc) is 2.46. The van der Waals surface area contributed by atoms with Gasteiger partial charge in [-0.2, -0.15) is 0 Å². The zero-order chi connectivity index (χ0) is 9.42. The Morgan fingerprint density at radius 3 is 2.92 bits per heavy atom. The van der Waals surface area contributed by atoms with Gasteiger partial charge in [0.1, 0.15) is 10.7 Å². The summed E-state index contributed by atoms with van der Waals surface area (Å²) in [5, 5.41) is 4.53. The lowest BCUT2D eigenvalue weighted by Gasteiger charge is -1.92. The van der Waals surface area contributed by atoms with Crippen molar-refractivity contribution in [2.24, 2.45) is 5.73 Å². The van der Waals surface area contributed by atoms with Crippen molar-refractivity contribution in [2.75, 3.05) is 5.73 Å². The number of nitrogen functional groups attached to an aromatic ring is 1. The molecule has 0 radical (unpaired) electrons. The zero-order valence-corrected chi connectivity index (χ0v) is 7.47. The lowest BCUT2D eigenvalue weighted by Crippen LogP contribution is -2.09. The van der Waals surface area contributed by atoms with Crippen molar-refractivity contribution in [3.8, 4) is 0 Å². The van der Waals surface area contributed by atoms with E-state index in [1.54, 1.807) is 18.2 Å². The number of nitrogens with two attached hydrogens (primary N) is 2. The van der Waals surface area contributed by atoms with Crippen LogP contribution in [0.4, 0.5) is 5.69 Å². The van der Waals surface area contributed by atoms with E-state index in [4.69, 9.17) is 28.2 Å². The SMILES string of the molecule is NC(=S)c1noc2cc(N)ccc12. The predicted molar refractivity (Wildman–Crippen MR) is 54.3 cm³/mol. The summed E-state index contributed by atoms with van der Waals surface area (Å²) in [5.41, 5.74) is 12.7. The van der Waals surface area contributed by atoms with Gasteiger partial charge in [0.15, 0.2) is 5.58 Å². The van der Waals surface area contributed by atoms with Crippen LogP contribution in [0, 0.1) is 0 Å². The van der Waals surface area contributed by atoms with Gasteiger partial charge in [-0.15, -0.1) is 0 Å². The van der Waals surface area contributed by atoms with Gasteiger partial charge >= 0.3 is 0 Å². The molecule has 5 heteroatoms. The van der Waals surface area contributed by atoms with Crippen LogP contribution in [0.5, 0.6) is 0 Å². The normalized spacial score (nSPS) is 10.5. The summed E-state index contributed by atoms with van der Waals surface area (Å²) in [5.74, 6) is 0. The number of aromatic nitrogens is 1. The van der Waals surface area contributed by atoms with E-state index in [0.29, 0.717) is 17.0 Å². The standard InChI is InChI=1S/C8H7N3OS/c9-4-1-2-5-6(3-4)12-11-7(5)8(10)13/h1-3H,9H2,(H2,10,13). The summed E-state index contributed by atoms with van der Waals surface area (Å²) < 4.78 is 4.99. The molecule has 4 N–H and O–H groups in total. The van der Waals surface area contributed by atoms with Crippen LogP contribution in [0.2, 0.25) is 0 Å². The van der Waals surface area contributed by atoms with Crippen molar-refractivity contribution in [3.05, 3.63) is 23.9 Å². The van der Waals surface area contributed by atoms with Crippen molar-refractivity contribution in [1.29, 1.82) is 0 Å². The highest BCUT2D eigenvalue weighted by Gasteiger charge is 2.09. The van der Waals surface area contributed by atoms with E-state index < -0.39 is 0 Å². The second-order valence-corrected chi connectivity index (χ2v) is 3.09. The number of hydrogen-bond acceptors (Lipinski definition) is 4. The summed E-state index contributed by atoms with van der Waals surface area (Å²) in [6.45, 7) is 0. The van der Waals surface area contributed by atoms with E-state index in [2.05, 4.69) is 5.16 Å². The lowest BCUT2D eigenvalue weighted by molar-refractivity contribution is 0.455. The Bertz CT molecular complexity index is 477. The van der Waals surface area contributed by atoms with Crippen LogP contribution in [0.15, 0.2) is 22.7 Å². The molecule has 13 heavy (non-hydrogen) atoms. The summed E-state index contributed by atoms with van der Waals surface area (Å²) in [6, 6.07) is 5.22. The second kappa shape index (κ2) is 2.70. The fourth-order valence-electron chi connectivity index (χ4n) is 1.13. The molecule has 0 amide bonds. The first-order chi connectivity index (χ1) is 6.18. The van der Waals surface area contributed by atoms with Gasteiger partial charge in [-0.1, -0.05) is 17.4 Å². The van der Waals surface area contributed by atoms with Crippen LogP contribution in [0.1, 0.15) is 5.69 Å². The minimum atomic E-state index is 0.225. The number of fused-ring (bicyclic) bond motifs is 1. The van der Waals surface area contributed by atoms with Crippen molar-refractivity contribution in [3.63, 3.8) is 0 Å². The Labute approximate surface area is 79.5 Å². The summed E-state index contributed by atoms with van der Waals surface area (Å²) in [7, 11) is 0. The maximum absolute atomic E-state index is 5.56. The quantitative estimate of drug-likeness (QED) is 0.522. The Kier molecular flexibility index (Phi) is 1.66. The minimum absolute atomic E-state index is 0.225. The molecule has 2 rings (SSSR count). The molecule has 0 aliphatic carbocycles. The Balaban J connectivity index is 2.76. The topological polar surface area (TPSA) is 78.1 Å². The Morgan fingerprint density at radius 2 is 2.23 bits per heavy atom. The molecule has 4 nitrogen and oxygen atoms in total. The zero-order valence-electron chi connectivity index (χ0n) is 6.65. The summed E-state index contributed by atoms with van der Waals surface area (Å²) in [6.07, 6.45) is 0. The highest BCUT2D eigenvalue weighted by atomic mass is 32.1. The Morgan fingerprint density at radius 1 is 1.46 bits per heavy atom. The van der Waals surface area contributed by atoms with Crippen LogP contribution in [0.25, 0.3) is 11.0 Å². The van der Waals surface area contributed by atoms with Gasteiger partial charge in [-0.25, -0.2) is 0 Å². The third-order valence-electron chi connectivity index (χ3n) is 1.73. The number of thiocarbonyl (C=S) groups is 1. The molecule has 1 heterocycles. The largest absolute Gasteiger partial charge is 0.399 e. The lowest BCUT2D eigenvalue weighted by atomic mass is 10.2. The van der Waals surface area contributed by atoms with E-state index >= 15 is 0 Å². The summed E-state index contributed by atoms with van der Waals surface area (Å²) in [4.78, 5) is 0.225. The van der Waals surface area contributed by atoms with Gasteiger partial charge in [0.2, 0.25) is 0 Å². The molecule has 0 unspecified atom stereocenters. The molecular formula is C8H7N3OS. The number of rotatable bonds is 1. The number of anilines is 1. The highest BCUT2D eigenvalue weighted by molar-refractivity contribution is 7.80. The van der Waals surface area contributed by atoms with Gasteiger partial charge < -0.3 is 16.0 Å². The van der Waals surface area contributed by atoms with Gasteiger partial charge in [-0.3, -0.25) is 0 Å². The second-order valence-electron chi connectivity index (χ2n) is 2.65. The Hall–Kier alpha value is -1.62. The average molecular weight is 193 g/mol. The maximum Gasteiger partial charge on any atom is 0.169 e. The molecule has 0 bridgehead atoms. The molecule has 0 saturated carbocycles. The van der Waals surface area contributed by atoms with Crippen LogP contribution >= 0.6 is 12.2 Å². The van der Waals surface area contributed by atoms with Gasteiger partial charge in [-0.05, 0) is 12.1 Å². The maximum atomic E-state index is 5.56. The van der Waals surface area contributed by atoms with Crippen LogP contribution < -0.4 is 11.5 Å². The third-order valence-corrected chi connectivity index (χ3v) is 1.92. The molecule has 1 aromatic heterocycles. The van der Waals surface area contributed by atoms with Gasteiger partial charge in [0, 0.05) is 11.8 Å². The number of nitrogens with zero attached hydrogens (tertiary/aromatic N) is 1. The minimum Gasteiger partial charge on any atom is -0.399 e. The molecule has 0 saturated heterocycles. The van der Waals surface area contributed by atoms with E-state index in [-0.39, 0.29) is 4.99 Å². The number of benzene rings is 1. The van der Waals surface area contributed by atoms with Gasteiger partial charge in [0.25, 0.3) is 0 Å². The third kappa shape index (κ3) is 1.23. The first kappa shape index (κ1) is 8.00. The molecule has 0 aliphatic rings. The van der Waals surface area contributed by atoms with Crippen molar-refractivity contribution < 1.29 is 4.52 Å². The molecule has 0 aliphatic heterocycles. The molecule has 1 aromatic carbocycles. The number of hydrogen-bond donors (Lipinski definition) is 2. The molecular weight excluding hydrogens is 186 g/mol. The van der Waals surface area contributed by atoms with Crippen LogP contribution in [0.3, 0.4) is 0 Å². The molecule has 0 fully saturated rings. The van der Waals surface area contributed by atoms with Crippen molar-refractivity contribution in [2.45, 2.75) is 0 Å². The van der Waals surface area contributed by atoms with Gasteiger partial charge in [0.05, 0.1) is 5.39 Å². The molecule has 66 valence electrons. The monoisotopic (exact) mass is 193 g/mol. The van der Waals surface area contributed by atoms with E-state index in [1.165, 1.54) is 0 Å². The molecule has 0 atom stereocenters. The van der Waals surface area contributed by atoms with Crippen LogP contribution in [-0.4, -0.2) is 10.1 Å². The van der Waals surface area contributed by atoms with Crippen molar-refractivity contribution in [1.82, 2.24) is 5.16 Å². The highest BCUT2D eigenvalue weighted by Crippen LogP contribution is 2.20. The summed E-state index contributed by atoms with van der Waals surface area (Å²) >= 11 is 4.80.